The standard InChI is InChI=1S/C17H17BrFNO/c18-13-3-4-14(15(19)10-13)16(20)5-1-11-2-6-17-12(9-11)7-8-21-17/h2-4,6,9-10,16H,1,5,7-8,20H2. The summed E-state index contributed by atoms with van der Waals surface area (Å²) in [5.74, 6) is 0.737. The molecule has 0 amide bonds. The highest BCUT2D eigenvalue weighted by Gasteiger charge is 2.14. The Hall–Kier alpha value is -1.39. The van der Waals surface area contributed by atoms with Crippen molar-refractivity contribution < 1.29 is 9.13 Å². The maximum atomic E-state index is 13.9. The SMILES string of the molecule is NC(CCc1ccc2c(c1)CCO2)c1ccc(Br)cc1F. The first kappa shape index (κ1) is 14.5. The van der Waals surface area contributed by atoms with Crippen molar-refractivity contribution in [3.63, 3.8) is 0 Å². The fourth-order valence-corrected chi connectivity index (χ4v) is 3.01. The molecule has 0 saturated heterocycles. The van der Waals surface area contributed by atoms with E-state index in [0.717, 1.165) is 36.1 Å². The molecule has 1 heterocycles. The van der Waals surface area contributed by atoms with Crippen LogP contribution in [0.15, 0.2) is 40.9 Å². The average Bonchev–Trinajstić information content (AvgIpc) is 2.92. The van der Waals surface area contributed by atoms with Gasteiger partial charge in [-0.25, -0.2) is 4.39 Å². The Balaban J connectivity index is 1.67. The number of fused-ring (bicyclic) bond motifs is 1. The average molecular weight is 350 g/mol. The number of ether oxygens (including phenoxy) is 1. The van der Waals surface area contributed by atoms with Crippen LogP contribution in [0.25, 0.3) is 0 Å². The quantitative estimate of drug-likeness (QED) is 0.899. The Morgan fingerprint density at radius 3 is 2.90 bits per heavy atom. The molecule has 2 nitrogen and oxygen atoms in total. The monoisotopic (exact) mass is 349 g/mol. The molecule has 0 fully saturated rings. The first-order valence-corrected chi connectivity index (χ1v) is 7.88. The number of benzene rings is 2. The highest BCUT2D eigenvalue weighted by atomic mass is 79.9. The number of aryl methyl sites for hydroxylation is 1. The van der Waals surface area contributed by atoms with Crippen molar-refractivity contribution >= 4 is 15.9 Å². The summed E-state index contributed by atoms with van der Waals surface area (Å²) in [4.78, 5) is 0. The van der Waals surface area contributed by atoms with E-state index in [1.54, 1.807) is 6.07 Å². The molecule has 3 rings (SSSR count). The van der Waals surface area contributed by atoms with Crippen LogP contribution in [0, 0.1) is 5.82 Å². The molecule has 2 aromatic carbocycles. The van der Waals surface area contributed by atoms with Crippen LogP contribution in [0.3, 0.4) is 0 Å². The number of nitrogens with two attached hydrogens (primary N) is 1. The van der Waals surface area contributed by atoms with Crippen molar-refractivity contribution in [2.24, 2.45) is 5.73 Å². The third kappa shape index (κ3) is 3.27. The Bertz CT molecular complexity index is 659. The predicted octanol–water partition coefficient (Wildman–Crippen LogP) is 4.16. The molecular weight excluding hydrogens is 333 g/mol. The van der Waals surface area contributed by atoms with Crippen molar-refractivity contribution in [3.05, 3.63) is 63.4 Å². The lowest BCUT2D eigenvalue weighted by molar-refractivity contribution is 0.357. The highest BCUT2D eigenvalue weighted by molar-refractivity contribution is 9.10. The van der Waals surface area contributed by atoms with Crippen molar-refractivity contribution in [2.75, 3.05) is 6.61 Å². The van der Waals surface area contributed by atoms with Gasteiger partial charge in [0.1, 0.15) is 11.6 Å². The number of hydrogen-bond acceptors (Lipinski definition) is 2. The fraction of sp³-hybridized carbons (Fsp3) is 0.294. The largest absolute Gasteiger partial charge is 0.493 e. The van der Waals surface area contributed by atoms with Gasteiger partial charge in [-0.15, -0.1) is 0 Å². The Morgan fingerprint density at radius 2 is 2.10 bits per heavy atom. The molecule has 1 atom stereocenters. The number of hydrogen-bond donors (Lipinski definition) is 1. The molecule has 4 heteroatoms. The van der Waals surface area contributed by atoms with Crippen molar-refractivity contribution in [3.8, 4) is 5.75 Å². The van der Waals surface area contributed by atoms with Gasteiger partial charge in [-0.05, 0) is 42.2 Å². The Kier molecular flexibility index (Phi) is 4.27. The zero-order valence-corrected chi connectivity index (χ0v) is 13.2. The van der Waals surface area contributed by atoms with E-state index in [1.165, 1.54) is 17.2 Å². The topological polar surface area (TPSA) is 35.2 Å². The van der Waals surface area contributed by atoms with Gasteiger partial charge in [-0.1, -0.05) is 34.1 Å². The minimum Gasteiger partial charge on any atom is -0.493 e. The lowest BCUT2D eigenvalue weighted by Crippen LogP contribution is -2.13. The molecular formula is C17H17BrFNO. The van der Waals surface area contributed by atoms with E-state index in [2.05, 4.69) is 28.1 Å². The summed E-state index contributed by atoms with van der Waals surface area (Å²) in [6, 6.07) is 11.0. The molecule has 2 aromatic rings. The van der Waals surface area contributed by atoms with Gasteiger partial charge in [0.05, 0.1) is 6.61 Å². The van der Waals surface area contributed by atoms with Gasteiger partial charge in [-0.3, -0.25) is 0 Å². The van der Waals surface area contributed by atoms with Gasteiger partial charge in [0.25, 0.3) is 0 Å². The predicted molar refractivity (Wildman–Crippen MR) is 85.0 cm³/mol. The van der Waals surface area contributed by atoms with Crippen LogP contribution in [-0.4, -0.2) is 6.61 Å². The van der Waals surface area contributed by atoms with Crippen LogP contribution in [0.1, 0.15) is 29.2 Å². The van der Waals surface area contributed by atoms with Crippen molar-refractivity contribution in [1.29, 1.82) is 0 Å². The summed E-state index contributed by atoms with van der Waals surface area (Å²) < 4.78 is 20.1. The van der Waals surface area contributed by atoms with Crippen molar-refractivity contribution in [2.45, 2.75) is 25.3 Å². The molecule has 1 aliphatic heterocycles. The highest BCUT2D eigenvalue weighted by Crippen LogP contribution is 2.28. The van der Waals surface area contributed by atoms with E-state index >= 15 is 0 Å². The summed E-state index contributed by atoms with van der Waals surface area (Å²) in [6.45, 7) is 0.766. The van der Waals surface area contributed by atoms with Crippen molar-refractivity contribution in [1.82, 2.24) is 0 Å². The van der Waals surface area contributed by atoms with Crippen LogP contribution in [0.2, 0.25) is 0 Å². The van der Waals surface area contributed by atoms with E-state index < -0.39 is 0 Å². The second kappa shape index (κ2) is 6.16. The van der Waals surface area contributed by atoms with Gasteiger partial charge >= 0.3 is 0 Å². The molecule has 0 bridgehead atoms. The number of halogens is 2. The maximum Gasteiger partial charge on any atom is 0.129 e. The molecule has 0 aromatic heterocycles. The zero-order valence-electron chi connectivity index (χ0n) is 11.6. The first-order valence-electron chi connectivity index (χ1n) is 7.08. The molecule has 1 aliphatic rings. The molecule has 2 N–H and O–H groups in total. The number of rotatable bonds is 4. The Labute approximate surface area is 132 Å². The molecule has 110 valence electrons. The minimum atomic E-state index is -0.289. The molecule has 0 aliphatic carbocycles. The maximum absolute atomic E-state index is 13.9. The van der Waals surface area contributed by atoms with E-state index in [9.17, 15) is 4.39 Å². The lowest BCUT2D eigenvalue weighted by atomic mass is 9.98. The summed E-state index contributed by atoms with van der Waals surface area (Å²) >= 11 is 3.26. The summed E-state index contributed by atoms with van der Waals surface area (Å²) in [5, 5.41) is 0. The molecule has 1 unspecified atom stereocenters. The van der Waals surface area contributed by atoms with Gasteiger partial charge in [0, 0.05) is 22.5 Å². The molecule has 0 saturated carbocycles. The van der Waals surface area contributed by atoms with Crippen LogP contribution in [0.5, 0.6) is 5.75 Å². The van der Waals surface area contributed by atoms with Gasteiger partial charge in [0.2, 0.25) is 0 Å². The van der Waals surface area contributed by atoms with Crippen LogP contribution < -0.4 is 10.5 Å². The lowest BCUT2D eigenvalue weighted by Gasteiger charge is -2.13. The summed E-state index contributed by atoms with van der Waals surface area (Å²) in [6.07, 6.45) is 2.53. The molecule has 0 spiro atoms. The van der Waals surface area contributed by atoms with E-state index in [-0.39, 0.29) is 11.9 Å². The van der Waals surface area contributed by atoms with E-state index in [4.69, 9.17) is 10.5 Å². The third-order valence-corrected chi connectivity index (χ3v) is 4.35. The third-order valence-electron chi connectivity index (χ3n) is 3.86. The second-order valence-corrected chi connectivity index (χ2v) is 6.27. The summed E-state index contributed by atoms with van der Waals surface area (Å²) in [5.41, 5.74) is 9.19. The Morgan fingerprint density at radius 1 is 1.24 bits per heavy atom. The smallest absolute Gasteiger partial charge is 0.129 e. The van der Waals surface area contributed by atoms with E-state index in [1.807, 2.05) is 12.1 Å². The van der Waals surface area contributed by atoms with E-state index in [0.29, 0.717) is 5.56 Å². The van der Waals surface area contributed by atoms with Crippen LogP contribution in [0.4, 0.5) is 4.39 Å². The normalized spacial score (nSPS) is 14.6. The van der Waals surface area contributed by atoms with Gasteiger partial charge in [-0.2, -0.15) is 0 Å². The van der Waals surface area contributed by atoms with Gasteiger partial charge < -0.3 is 10.5 Å². The van der Waals surface area contributed by atoms with Crippen LogP contribution in [-0.2, 0) is 12.8 Å². The first-order chi connectivity index (χ1) is 10.1. The van der Waals surface area contributed by atoms with Crippen LogP contribution >= 0.6 is 15.9 Å². The summed E-state index contributed by atoms with van der Waals surface area (Å²) in [7, 11) is 0. The molecule has 0 radical (unpaired) electrons. The van der Waals surface area contributed by atoms with Gasteiger partial charge in [0.15, 0.2) is 0 Å². The fourth-order valence-electron chi connectivity index (χ4n) is 2.68. The zero-order chi connectivity index (χ0) is 14.8. The minimum absolute atomic E-state index is 0.251. The molecule has 21 heavy (non-hydrogen) atoms. The second-order valence-electron chi connectivity index (χ2n) is 5.35.